The molecule has 2 aromatic heterocycles. The molecule has 1 saturated heterocycles. The van der Waals surface area contributed by atoms with E-state index in [1.165, 1.54) is 19.3 Å². The van der Waals surface area contributed by atoms with Crippen LogP contribution in [0.3, 0.4) is 0 Å². The van der Waals surface area contributed by atoms with E-state index in [-0.39, 0.29) is 5.91 Å². The van der Waals surface area contributed by atoms with Crippen LogP contribution in [0.1, 0.15) is 35.2 Å². The van der Waals surface area contributed by atoms with Crippen LogP contribution in [0.5, 0.6) is 0 Å². The minimum atomic E-state index is -0.163. The molecule has 178 valence electrons. The summed E-state index contributed by atoms with van der Waals surface area (Å²) in [5.41, 5.74) is 10.5. The molecule has 7 heteroatoms. The summed E-state index contributed by atoms with van der Waals surface area (Å²) in [5, 5.41) is 4.74. The molecule has 2 aromatic carbocycles. The van der Waals surface area contributed by atoms with Crippen molar-refractivity contribution < 1.29 is 4.79 Å². The number of H-pyrrole nitrogens is 1. The third-order valence-corrected chi connectivity index (χ3v) is 6.88. The zero-order valence-electron chi connectivity index (χ0n) is 19.5. The zero-order valence-corrected chi connectivity index (χ0v) is 21.1. The lowest BCUT2D eigenvalue weighted by molar-refractivity contribution is 0.0956. The number of carbonyl (C=O) groups excluding carboxylic acids is 1. The number of aromatic nitrogens is 2. The molecule has 0 saturated carbocycles. The number of hydrogen-bond acceptors (Lipinski definition) is 4. The van der Waals surface area contributed by atoms with Gasteiger partial charge in [-0.15, -0.1) is 0 Å². The number of likely N-dealkylation sites (tertiary alicyclic amines) is 1. The van der Waals surface area contributed by atoms with E-state index in [4.69, 9.17) is 10.7 Å². The molecule has 4 N–H and O–H groups in total. The lowest BCUT2D eigenvalue weighted by atomic mass is 10.0. The Bertz CT molecular complexity index is 1440. The first kappa shape index (κ1) is 23.6. The molecule has 0 bridgehead atoms. The minimum absolute atomic E-state index is 0.163. The normalized spacial score (nSPS) is 14.1. The van der Waals surface area contributed by atoms with E-state index < -0.39 is 0 Å². The number of piperidine rings is 1. The predicted octanol–water partition coefficient (Wildman–Crippen LogP) is 4.67. The molecule has 0 spiro atoms. The number of nitrogens with zero attached hydrogens (tertiary/aromatic N) is 2. The largest absolute Gasteiger partial charge is 0.360 e. The van der Waals surface area contributed by atoms with E-state index in [2.05, 4.69) is 49.0 Å². The second-order valence-corrected chi connectivity index (χ2v) is 9.78. The van der Waals surface area contributed by atoms with Crippen LogP contribution in [-0.2, 0) is 0 Å². The summed E-state index contributed by atoms with van der Waals surface area (Å²) in [7, 11) is 0. The molecule has 1 aliphatic heterocycles. The summed E-state index contributed by atoms with van der Waals surface area (Å²) >= 11 is 3.56. The lowest BCUT2D eigenvalue weighted by Crippen LogP contribution is -2.29. The Morgan fingerprint density at radius 3 is 2.80 bits per heavy atom. The Morgan fingerprint density at radius 1 is 1.11 bits per heavy atom. The maximum absolute atomic E-state index is 13.1. The summed E-state index contributed by atoms with van der Waals surface area (Å²) in [5.74, 6) is 6.43. The standard InChI is InChI=1S/C28H28BrN5O/c29-20-7-9-25-22(16-20)24(18-32-25)27-17-23(28(35)31-11-10-30)21-15-19(6-8-26(21)33-27)5-4-14-34-12-2-1-3-13-34/h6-9,15-18,32H,1-3,10-14,30H2,(H,31,35). The van der Waals surface area contributed by atoms with E-state index in [0.29, 0.717) is 18.7 Å². The molecule has 0 aliphatic carbocycles. The second-order valence-electron chi connectivity index (χ2n) is 8.86. The smallest absolute Gasteiger partial charge is 0.252 e. The molecule has 3 heterocycles. The van der Waals surface area contributed by atoms with Crippen LogP contribution in [0.25, 0.3) is 33.1 Å². The number of fused-ring (bicyclic) bond motifs is 2. The number of amides is 1. The fourth-order valence-electron chi connectivity index (χ4n) is 4.59. The maximum atomic E-state index is 13.1. The van der Waals surface area contributed by atoms with Crippen molar-refractivity contribution in [3.05, 3.63) is 64.3 Å². The molecule has 0 unspecified atom stereocenters. The first-order valence-electron chi connectivity index (χ1n) is 12.0. The summed E-state index contributed by atoms with van der Waals surface area (Å²) in [4.78, 5) is 23.8. The Kier molecular flexibility index (Phi) is 7.14. The summed E-state index contributed by atoms with van der Waals surface area (Å²) in [6.07, 6.45) is 5.75. The van der Waals surface area contributed by atoms with Gasteiger partial charge >= 0.3 is 0 Å². The van der Waals surface area contributed by atoms with Gasteiger partial charge in [-0.1, -0.05) is 34.2 Å². The van der Waals surface area contributed by atoms with E-state index >= 15 is 0 Å². The first-order valence-corrected chi connectivity index (χ1v) is 12.8. The number of carbonyl (C=O) groups is 1. The molecule has 5 rings (SSSR count). The molecule has 35 heavy (non-hydrogen) atoms. The molecule has 0 atom stereocenters. The van der Waals surface area contributed by atoms with Crippen LogP contribution in [-0.4, -0.2) is 53.5 Å². The van der Waals surface area contributed by atoms with Crippen molar-refractivity contribution in [2.45, 2.75) is 19.3 Å². The minimum Gasteiger partial charge on any atom is -0.360 e. The lowest BCUT2D eigenvalue weighted by Gasteiger charge is -2.23. The number of hydrogen-bond donors (Lipinski definition) is 3. The second kappa shape index (κ2) is 10.6. The van der Waals surface area contributed by atoms with Gasteiger partial charge in [0, 0.05) is 51.2 Å². The van der Waals surface area contributed by atoms with Crippen molar-refractivity contribution in [3.8, 4) is 23.1 Å². The molecular formula is C28H28BrN5O. The third kappa shape index (κ3) is 5.25. The molecule has 0 radical (unpaired) electrons. The fraction of sp³-hybridized carbons (Fsp3) is 0.286. The number of halogens is 1. The average molecular weight is 530 g/mol. The molecule has 1 aliphatic rings. The molecule has 1 fully saturated rings. The topological polar surface area (TPSA) is 87.0 Å². The van der Waals surface area contributed by atoms with E-state index in [1.54, 1.807) is 0 Å². The van der Waals surface area contributed by atoms with Gasteiger partial charge in [0.25, 0.3) is 5.91 Å². The van der Waals surface area contributed by atoms with Gasteiger partial charge in [-0.2, -0.15) is 0 Å². The van der Waals surface area contributed by atoms with Gasteiger partial charge in [-0.05, 0) is 68.4 Å². The number of nitrogens with two attached hydrogens (primary N) is 1. The van der Waals surface area contributed by atoms with Gasteiger partial charge in [0.1, 0.15) is 0 Å². The van der Waals surface area contributed by atoms with Crippen molar-refractivity contribution in [2.75, 3.05) is 32.7 Å². The Morgan fingerprint density at radius 2 is 1.97 bits per heavy atom. The third-order valence-electron chi connectivity index (χ3n) is 6.39. The number of pyridine rings is 1. The molecule has 4 aromatic rings. The summed E-state index contributed by atoms with van der Waals surface area (Å²) in [6, 6.07) is 13.8. The van der Waals surface area contributed by atoms with Crippen LogP contribution < -0.4 is 11.1 Å². The van der Waals surface area contributed by atoms with Crippen molar-refractivity contribution in [2.24, 2.45) is 5.73 Å². The van der Waals surface area contributed by atoms with Crippen LogP contribution >= 0.6 is 15.9 Å². The first-order chi connectivity index (χ1) is 17.1. The number of benzene rings is 2. The van der Waals surface area contributed by atoms with Gasteiger partial charge in [0.05, 0.1) is 23.3 Å². The van der Waals surface area contributed by atoms with Crippen molar-refractivity contribution >= 4 is 43.6 Å². The van der Waals surface area contributed by atoms with E-state index in [9.17, 15) is 4.79 Å². The highest BCUT2D eigenvalue weighted by Crippen LogP contribution is 2.32. The summed E-state index contributed by atoms with van der Waals surface area (Å²) in [6.45, 7) is 3.80. The summed E-state index contributed by atoms with van der Waals surface area (Å²) < 4.78 is 0.986. The fourth-order valence-corrected chi connectivity index (χ4v) is 4.95. The number of aromatic amines is 1. The van der Waals surface area contributed by atoms with Crippen LogP contribution in [0.15, 0.2) is 53.1 Å². The SMILES string of the molecule is NCCNC(=O)c1cc(-c2c[nH]c3ccc(Br)cc23)nc2ccc(C#CCN3CCCCC3)cc12. The maximum Gasteiger partial charge on any atom is 0.252 e. The Balaban J connectivity index is 1.55. The highest BCUT2D eigenvalue weighted by molar-refractivity contribution is 9.10. The Labute approximate surface area is 213 Å². The molecular weight excluding hydrogens is 502 g/mol. The van der Waals surface area contributed by atoms with Gasteiger partial charge < -0.3 is 16.0 Å². The molecule has 6 nitrogen and oxygen atoms in total. The molecule has 1 amide bonds. The predicted molar refractivity (Wildman–Crippen MR) is 145 cm³/mol. The average Bonchev–Trinajstić information content (AvgIpc) is 3.30. The van der Waals surface area contributed by atoms with Crippen LogP contribution in [0.2, 0.25) is 0 Å². The van der Waals surface area contributed by atoms with E-state index in [0.717, 1.165) is 62.7 Å². The van der Waals surface area contributed by atoms with Gasteiger partial charge in [0.15, 0.2) is 0 Å². The Hall–Kier alpha value is -3.18. The van der Waals surface area contributed by atoms with E-state index in [1.807, 2.05) is 42.6 Å². The van der Waals surface area contributed by atoms with Crippen LogP contribution in [0, 0.1) is 11.8 Å². The highest BCUT2D eigenvalue weighted by Gasteiger charge is 2.16. The zero-order chi connectivity index (χ0) is 24.2. The quantitative estimate of drug-likeness (QED) is 0.328. The van der Waals surface area contributed by atoms with Crippen LogP contribution in [0.4, 0.5) is 0 Å². The number of rotatable bonds is 5. The monoisotopic (exact) mass is 529 g/mol. The highest BCUT2D eigenvalue weighted by atomic mass is 79.9. The van der Waals surface area contributed by atoms with Crippen molar-refractivity contribution in [1.82, 2.24) is 20.2 Å². The van der Waals surface area contributed by atoms with Gasteiger partial charge in [-0.25, -0.2) is 4.98 Å². The van der Waals surface area contributed by atoms with Gasteiger partial charge in [0.2, 0.25) is 0 Å². The van der Waals surface area contributed by atoms with Gasteiger partial charge in [-0.3, -0.25) is 9.69 Å². The van der Waals surface area contributed by atoms with Crippen molar-refractivity contribution in [1.29, 1.82) is 0 Å². The van der Waals surface area contributed by atoms with Crippen molar-refractivity contribution in [3.63, 3.8) is 0 Å². The number of nitrogens with one attached hydrogen (secondary N) is 2.